The quantitative estimate of drug-likeness (QED) is 0.797. The number of amides is 1. The summed E-state index contributed by atoms with van der Waals surface area (Å²) in [6.07, 6.45) is -0.375. The Morgan fingerprint density at radius 2 is 1.58 bits per heavy atom. The molecule has 2 N–H and O–H groups in total. The van der Waals surface area contributed by atoms with Crippen molar-refractivity contribution >= 4 is 12.1 Å². The molecule has 1 aliphatic carbocycles. The second-order valence-corrected chi connectivity index (χ2v) is 6.20. The van der Waals surface area contributed by atoms with Crippen LogP contribution in [0.2, 0.25) is 0 Å². The highest BCUT2D eigenvalue weighted by molar-refractivity contribution is 5.79. The zero-order valence-corrected chi connectivity index (χ0v) is 14.3. The van der Waals surface area contributed by atoms with Crippen molar-refractivity contribution < 1.29 is 24.5 Å². The first-order chi connectivity index (χ1) is 12.6. The number of carbonyl (C=O) groups is 2. The smallest absolute Gasteiger partial charge is 0.410 e. The lowest BCUT2D eigenvalue weighted by Gasteiger charge is -2.21. The van der Waals surface area contributed by atoms with Crippen molar-refractivity contribution in [1.82, 2.24) is 4.90 Å². The Bertz CT molecular complexity index is 759. The molecule has 0 fully saturated rings. The predicted molar refractivity (Wildman–Crippen MR) is 96.0 cm³/mol. The third kappa shape index (κ3) is 3.70. The Morgan fingerprint density at radius 3 is 2.12 bits per heavy atom. The van der Waals surface area contributed by atoms with Crippen LogP contribution in [0, 0.1) is 0 Å². The maximum atomic E-state index is 12.3. The van der Waals surface area contributed by atoms with Gasteiger partial charge in [-0.05, 0) is 28.7 Å². The maximum Gasteiger partial charge on any atom is 0.410 e. The van der Waals surface area contributed by atoms with Crippen molar-refractivity contribution in [3.05, 3.63) is 59.7 Å². The molecular weight excluding hydrogens is 334 g/mol. The van der Waals surface area contributed by atoms with Crippen molar-refractivity contribution in [3.63, 3.8) is 0 Å². The molecule has 0 atom stereocenters. The summed E-state index contributed by atoms with van der Waals surface area (Å²) in [6.45, 7) is -0.287. The molecule has 1 aliphatic rings. The van der Waals surface area contributed by atoms with E-state index in [9.17, 15) is 9.59 Å². The summed E-state index contributed by atoms with van der Waals surface area (Å²) in [5, 5.41) is 17.9. The SMILES string of the molecule is O=C(O)CN(CCCO)C(=O)OCC1c2ccccc2-c2ccccc21. The van der Waals surface area contributed by atoms with Crippen molar-refractivity contribution in [1.29, 1.82) is 0 Å². The van der Waals surface area contributed by atoms with Crippen molar-refractivity contribution in [2.75, 3.05) is 26.3 Å². The lowest BCUT2D eigenvalue weighted by molar-refractivity contribution is -0.138. The number of hydrogen-bond donors (Lipinski definition) is 2. The monoisotopic (exact) mass is 355 g/mol. The fraction of sp³-hybridized carbons (Fsp3) is 0.300. The van der Waals surface area contributed by atoms with E-state index in [4.69, 9.17) is 14.9 Å². The molecule has 26 heavy (non-hydrogen) atoms. The fourth-order valence-electron chi connectivity index (χ4n) is 3.35. The van der Waals surface area contributed by atoms with Crippen LogP contribution < -0.4 is 0 Å². The van der Waals surface area contributed by atoms with Gasteiger partial charge < -0.3 is 14.9 Å². The first-order valence-corrected chi connectivity index (χ1v) is 8.54. The number of carbonyl (C=O) groups excluding carboxylic acids is 1. The summed E-state index contributed by atoms with van der Waals surface area (Å²) in [6, 6.07) is 16.0. The first-order valence-electron chi connectivity index (χ1n) is 8.54. The van der Waals surface area contributed by atoms with Gasteiger partial charge in [0.2, 0.25) is 0 Å². The van der Waals surface area contributed by atoms with Gasteiger partial charge in [-0.2, -0.15) is 0 Å². The summed E-state index contributed by atoms with van der Waals surface area (Å²) < 4.78 is 5.44. The van der Waals surface area contributed by atoms with Crippen molar-refractivity contribution in [3.8, 4) is 11.1 Å². The summed E-state index contributed by atoms with van der Waals surface area (Å²) in [5.74, 6) is -1.19. The lowest BCUT2D eigenvalue weighted by atomic mass is 9.98. The minimum absolute atomic E-state index is 0.0733. The molecule has 0 radical (unpaired) electrons. The fourth-order valence-corrected chi connectivity index (χ4v) is 3.35. The van der Waals surface area contributed by atoms with Crippen LogP contribution >= 0.6 is 0 Å². The minimum Gasteiger partial charge on any atom is -0.480 e. The van der Waals surface area contributed by atoms with E-state index in [1.54, 1.807) is 0 Å². The summed E-state index contributed by atoms with van der Waals surface area (Å²) in [5.41, 5.74) is 4.46. The largest absolute Gasteiger partial charge is 0.480 e. The number of carboxylic acids is 1. The zero-order valence-electron chi connectivity index (χ0n) is 14.3. The lowest BCUT2D eigenvalue weighted by Crippen LogP contribution is -2.37. The van der Waals surface area contributed by atoms with Crippen LogP contribution in [0.25, 0.3) is 11.1 Å². The average molecular weight is 355 g/mol. The molecule has 0 aliphatic heterocycles. The van der Waals surface area contributed by atoms with Gasteiger partial charge in [0, 0.05) is 19.1 Å². The molecule has 0 bridgehead atoms. The van der Waals surface area contributed by atoms with Crippen LogP contribution in [-0.2, 0) is 9.53 Å². The average Bonchev–Trinajstić information content (AvgIpc) is 2.97. The predicted octanol–water partition coefficient (Wildman–Crippen LogP) is 2.70. The molecule has 0 aromatic heterocycles. The maximum absolute atomic E-state index is 12.3. The van der Waals surface area contributed by atoms with Crippen LogP contribution in [0.5, 0.6) is 0 Å². The Labute approximate surface area is 151 Å². The molecule has 6 nitrogen and oxygen atoms in total. The molecule has 6 heteroatoms. The van der Waals surface area contributed by atoms with E-state index in [1.165, 1.54) is 0 Å². The number of rotatable bonds is 7. The summed E-state index contributed by atoms with van der Waals surface area (Å²) >= 11 is 0. The number of nitrogens with zero attached hydrogens (tertiary/aromatic N) is 1. The van der Waals surface area contributed by atoms with E-state index >= 15 is 0 Å². The normalized spacial score (nSPS) is 12.3. The van der Waals surface area contributed by atoms with Crippen molar-refractivity contribution in [2.45, 2.75) is 12.3 Å². The number of benzene rings is 2. The van der Waals surface area contributed by atoms with Crippen molar-refractivity contribution in [2.24, 2.45) is 0 Å². The van der Waals surface area contributed by atoms with E-state index in [0.29, 0.717) is 6.42 Å². The molecule has 1 amide bonds. The summed E-state index contributed by atoms with van der Waals surface area (Å²) in [7, 11) is 0. The Morgan fingerprint density at radius 1 is 1.00 bits per heavy atom. The molecular formula is C20H21NO5. The topological polar surface area (TPSA) is 87.1 Å². The van der Waals surface area contributed by atoms with Gasteiger partial charge in [-0.25, -0.2) is 4.79 Å². The van der Waals surface area contributed by atoms with Crippen LogP contribution in [-0.4, -0.2) is 53.5 Å². The third-order valence-corrected chi connectivity index (χ3v) is 4.51. The molecule has 0 unspecified atom stereocenters. The molecule has 136 valence electrons. The van der Waals surface area contributed by atoms with E-state index in [1.807, 2.05) is 48.5 Å². The van der Waals surface area contributed by atoms with Gasteiger partial charge in [-0.1, -0.05) is 48.5 Å². The Balaban J connectivity index is 1.74. The van der Waals surface area contributed by atoms with Gasteiger partial charge >= 0.3 is 12.1 Å². The Hall–Kier alpha value is -2.86. The molecule has 0 heterocycles. The number of carboxylic acid groups (broad SMARTS) is 1. The number of aliphatic carboxylic acids is 1. The number of aliphatic hydroxyl groups excluding tert-OH is 1. The second kappa shape index (κ2) is 8.01. The summed E-state index contributed by atoms with van der Waals surface area (Å²) in [4.78, 5) is 24.4. The molecule has 0 saturated carbocycles. The molecule has 0 saturated heterocycles. The zero-order chi connectivity index (χ0) is 18.5. The van der Waals surface area contributed by atoms with Crippen LogP contribution in [0.3, 0.4) is 0 Å². The Kier molecular flexibility index (Phi) is 5.53. The van der Waals surface area contributed by atoms with Gasteiger partial charge in [0.1, 0.15) is 13.2 Å². The third-order valence-electron chi connectivity index (χ3n) is 4.51. The molecule has 2 aromatic rings. The van der Waals surface area contributed by atoms with Gasteiger partial charge in [0.25, 0.3) is 0 Å². The van der Waals surface area contributed by atoms with E-state index in [2.05, 4.69) is 0 Å². The van der Waals surface area contributed by atoms with Gasteiger partial charge in [-0.15, -0.1) is 0 Å². The standard InChI is InChI=1S/C20H21NO5/c22-11-5-10-21(12-19(23)24)20(25)26-13-18-16-8-3-1-6-14(16)15-7-2-4-9-17(15)18/h1-4,6-9,18,22H,5,10-13H2,(H,23,24). The highest BCUT2D eigenvalue weighted by atomic mass is 16.6. The van der Waals surface area contributed by atoms with Gasteiger partial charge in [0.05, 0.1) is 0 Å². The molecule has 2 aromatic carbocycles. The number of ether oxygens (including phenoxy) is 1. The second-order valence-electron chi connectivity index (χ2n) is 6.20. The minimum atomic E-state index is -1.11. The van der Waals surface area contributed by atoms with E-state index in [0.717, 1.165) is 27.2 Å². The molecule has 3 rings (SSSR count). The number of aliphatic hydroxyl groups is 1. The van der Waals surface area contributed by atoms with Crippen LogP contribution in [0.1, 0.15) is 23.5 Å². The molecule has 0 spiro atoms. The first kappa shape index (κ1) is 17.9. The number of hydrogen-bond acceptors (Lipinski definition) is 4. The van der Waals surface area contributed by atoms with E-state index < -0.39 is 18.6 Å². The highest BCUT2D eigenvalue weighted by Crippen LogP contribution is 2.44. The van der Waals surface area contributed by atoms with Crippen LogP contribution in [0.4, 0.5) is 4.79 Å². The van der Waals surface area contributed by atoms with Gasteiger partial charge in [-0.3, -0.25) is 9.69 Å². The van der Waals surface area contributed by atoms with Crippen LogP contribution in [0.15, 0.2) is 48.5 Å². The van der Waals surface area contributed by atoms with E-state index in [-0.39, 0.29) is 25.7 Å². The highest BCUT2D eigenvalue weighted by Gasteiger charge is 2.29. The number of fused-ring (bicyclic) bond motifs is 3. The van der Waals surface area contributed by atoms with Gasteiger partial charge in [0.15, 0.2) is 0 Å².